The van der Waals surface area contributed by atoms with Crippen molar-refractivity contribution < 1.29 is 0 Å². The van der Waals surface area contributed by atoms with E-state index >= 15 is 0 Å². The summed E-state index contributed by atoms with van der Waals surface area (Å²) >= 11 is 0. The molecule has 0 aliphatic rings. The maximum absolute atomic E-state index is 5.51. The standard InChI is InChI=1S/C10H18N4/c1-3-9(6-7-11)12-10-5-4-8(2)13-14-10/h4-5,9H,3,6-7,11H2,1-2H3,(H,12,14). The molecule has 1 unspecified atom stereocenters. The van der Waals surface area contributed by atoms with Crippen LogP contribution in [0.1, 0.15) is 25.5 Å². The van der Waals surface area contributed by atoms with Crippen LogP contribution in [0.25, 0.3) is 0 Å². The van der Waals surface area contributed by atoms with Crippen LogP contribution in [0.5, 0.6) is 0 Å². The Morgan fingerprint density at radius 2 is 2.21 bits per heavy atom. The van der Waals surface area contributed by atoms with Crippen molar-refractivity contribution in [2.24, 2.45) is 5.73 Å². The van der Waals surface area contributed by atoms with Gasteiger partial charge in [0.05, 0.1) is 5.69 Å². The first-order valence-electron chi connectivity index (χ1n) is 5.03. The van der Waals surface area contributed by atoms with Crippen molar-refractivity contribution in [2.75, 3.05) is 11.9 Å². The Morgan fingerprint density at radius 1 is 1.43 bits per heavy atom. The van der Waals surface area contributed by atoms with Gasteiger partial charge in [0.25, 0.3) is 0 Å². The van der Waals surface area contributed by atoms with Gasteiger partial charge >= 0.3 is 0 Å². The average molecular weight is 194 g/mol. The second-order valence-corrected chi connectivity index (χ2v) is 3.39. The monoisotopic (exact) mass is 194 g/mol. The molecule has 0 saturated heterocycles. The largest absolute Gasteiger partial charge is 0.366 e. The molecule has 0 aliphatic carbocycles. The predicted molar refractivity (Wildman–Crippen MR) is 58.1 cm³/mol. The van der Waals surface area contributed by atoms with Gasteiger partial charge in [0.2, 0.25) is 0 Å². The Balaban J connectivity index is 2.53. The Kier molecular flexibility index (Phi) is 4.32. The summed E-state index contributed by atoms with van der Waals surface area (Å²) in [4.78, 5) is 0. The second kappa shape index (κ2) is 5.54. The van der Waals surface area contributed by atoms with Crippen LogP contribution >= 0.6 is 0 Å². The minimum atomic E-state index is 0.400. The molecule has 0 spiro atoms. The lowest BCUT2D eigenvalue weighted by molar-refractivity contribution is 0.637. The van der Waals surface area contributed by atoms with Gasteiger partial charge in [-0.25, -0.2) is 0 Å². The molecule has 78 valence electrons. The fraction of sp³-hybridized carbons (Fsp3) is 0.600. The molecule has 0 aliphatic heterocycles. The van der Waals surface area contributed by atoms with Gasteiger partial charge < -0.3 is 11.1 Å². The van der Waals surface area contributed by atoms with E-state index < -0.39 is 0 Å². The number of rotatable bonds is 5. The zero-order chi connectivity index (χ0) is 10.4. The van der Waals surface area contributed by atoms with Crippen molar-refractivity contribution in [1.29, 1.82) is 0 Å². The normalized spacial score (nSPS) is 12.5. The Bertz CT molecular complexity index is 257. The van der Waals surface area contributed by atoms with Crippen molar-refractivity contribution in [2.45, 2.75) is 32.7 Å². The molecule has 14 heavy (non-hydrogen) atoms. The van der Waals surface area contributed by atoms with E-state index in [1.165, 1.54) is 0 Å². The number of hydrogen-bond acceptors (Lipinski definition) is 4. The molecule has 0 bridgehead atoms. The summed E-state index contributed by atoms with van der Waals surface area (Å²) in [6.45, 7) is 4.76. The Labute approximate surface area is 84.9 Å². The third-order valence-electron chi connectivity index (χ3n) is 2.16. The number of nitrogens with one attached hydrogen (secondary N) is 1. The highest BCUT2D eigenvalue weighted by Crippen LogP contribution is 2.07. The third-order valence-corrected chi connectivity index (χ3v) is 2.16. The molecule has 0 saturated carbocycles. The first-order chi connectivity index (χ1) is 6.76. The molecule has 0 aromatic carbocycles. The van der Waals surface area contributed by atoms with Gasteiger partial charge in [-0.2, -0.15) is 5.10 Å². The fourth-order valence-corrected chi connectivity index (χ4v) is 1.26. The summed E-state index contributed by atoms with van der Waals surface area (Å²) in [7, 11) is 0. The average Bonchev–Trinajstić information content (AvgIpc) is 2.20. The van der Waals surface area contributed by atoms with Crippen LogP contribution in [0.4, 0.5) is 5.82 Å². The second-order valence-electron chi connectivity index (χ2n) is 3.39. The minimum absolute atomic E-state index is 0.400. The number of aryl methyl sites for hydroxylation is 1. The fourth-order valence-electron chi connectivity index (χ4n) is 1.26. The van der Waals surface area contributed by atoms with E-state index in [0.29, 0.717) is 12.6 Å². The molecule has 1 aromatic rings. The van der Waals surface area contributed by atoms with Gasteiger partial charge in [-0.1, -0.05) is 6.92 Å². The molecule has 1 rings (SSSR count). The molecule has 1 atom stereocenters. The highest BCUT2D eigenvalue weighted by molar-refractivity contribution is 5.33. The van der Waals surface area contributed by atoms with Crippen molar-refractivity contribution in [3.8, 4) is 0 Å². The maximum Gasteiger partial charge on any atom is 0.148 e. The van der Waals surface area contributed by atoms with E-state index in [9.17, 15) is 0 Å². The van der Waals surface area contributed by atoms with Crippen LogP contribution in [-0.2, 0) is 0 Å². The summed E-state index contributed by atoms with van der Waals surface area (Å²) in [6, 6.07) is 4.29. The van der Waals surface area contributed by atoms with Crippen LogP contribution < -0.4 is 11.1 Å². The summed E-state index contributed by atoms with van der Waals surface area (Å²) < 4.78 is 0. The smallest absolute Gasteiger partial charge is 0.148 e. The lowest BCUT2D eigenvalue weighted by Crippen LogP contribution is -2.22. The molecule has 1 aromatic heterocycles. The number of aromatic nitrogens is 2. The first-order valence-corrected chi connectivity index (χ1v) is 5.03. The zero-order valence-electron chi connectivity index (χ0n) is 8.83. The lowest BCUT2D eigenvalue weighted by atomic mass is 10.1. The first kappa shape index (κ1) is 10.9. The summed E-state index contributed by atoms with van der Waals surface area (Å²) in [6.07, 6.45) is 2.01. The van der Waals surface area contributed by atoms with Crippen LogP contribution in [0.15, 0.2) is 12.1 Å². The summed E-state index contributed by atoms with van der Waals surface area (Å²) in [5.74, 6) is 0.830. The molecular weight excluding hydrogens is 176 g/mol. The molecule has 0 radical (unpaired) electrons. The van der Waals surface area contributed by atoms with Gasteiger partial charge in [0, 0.05) is 6.04 Å². The topological polar surface area (TPSA) is 63.8 Å². The van der Waals surface area contributed by atoms with Gasteiger partial charge in [-0.05, 0) is 38.4 Å². The SMILES string of the molecule is CCC(CCN)Nc1ccc(C)nn1. The molecule has 4 heteroatoms. The number of anilines is 1. The van der Waals surface area contributed by atoms with Crippen molar-refractivity contribution >= 4 is 5.82 Å². The van der Waals surface area contributed by atoms with Gasteiger partial charge in [0.15, 0.2) is 0 Å². The highest BCUT2D eigenvalue weighted by atomic mass is 15.2. The number of nitrogens with two attached hydrogens (primary N) is 1. The molecular formula is C10H18N4. The van der Waals surface area contributed by atoms with Crippen LogP contribution in [0.2, 0.25) is 0 Å². The number of hydrogen-bond donors (Lipinski definition) is 2. The van der Waals surface area contributed by atoms with Gasteiger partial charge in [0.1, 0.15) is 5.82 Å². The van der Waals surface area contributed by atoms with E-state index in [1.807, 2.05) is 19.1 Å². The van der Waals surface area contributed by atoms with E-state index in [1.54, 1.807) is 0 Å². The molecule has 1 heterocycles. The van der Waals surface area contributed by atoms with Crippen molar-refractivity contribution in [3.63, 3.8) is 0 Å². The van der Waals surface area contributed by atoms with E-state index in [-0.39, 0.29) is 0 Å². The van der Waals surface area contributed by atoms with Crippen LogP contribution in [0.3, 0.4) is 0 Å². The number of nitrogens with zero attached hydrogens (tertiary/aromatic N) is 2. The zero-order valence-corrected chi connectivity index (χ0v) is 8.83. The molecule has 0 fully saturated rings. The van der Waals surface area contributed by atoms with Gasteiger partial charge in [-0.15, -0.1) is 5.10 Å². The summed E-state index contributed by atoms with van der Waals surface area (Å²) in [5.41, 5.74) is 6.44. The molecule has 4 nitrogen and oxygen atoms in total. The lowest BCUT2D eigenvalue weighted by Gasteiger charge is -2.15. The predicted octanol–water partition coefficient (Wildman–Crippen LogP) is 1.32. The molecule has 0 amide bonds. The Morgan fingerprint density at radius 3 is 2.71 bits per heavy atom. The van der Waals surface area contributed by atoms with E-state index in [4.69, 9.17) is 5.73 Å². The van der Waals surface area contributed by atoms with Crippen molar-refractivity contribution in [1.82, 2.24) is 10.2 Å². The molecule has 3 N–H and O–H groups in total. The van der Waals surface area contributed by atoms with E-state index in [2.05, 4.69) is 22.4 Å². The van der Waals surface area contributed by atoms with Crippen molar-refractivity contribution in [3.05, 3.63) is 17.8 Å². The quantitative estimate of drug-likeness (QED) is 0.742. The van der Waals surface area contributed by atoms with Gasteiger partial charge in [-0.3, -0.25) is 0 Å². The van der Waals surface area contributed by atoms with Crippen LogP contribution in [-0.4, -0.2) is 22.8 Å². The minimum Gasteiger partial charge on any atom is -0.366 e. The summed E-state index contributed by atoms with van der Waals surface area (Å²) in [5, 5.41) is 11.3. The third kappa shape index (κ3) is 3.30. The maximum atomic E-state index is 5.51. The highest BCUT2D eigenvalue weighted by Gasteiger charge is 2.05. The Hall–Kier alpha value is -1.16. The van der Waals surface area contributed by atoms with E-state index in [0.717, 1.165) is 24.4 Å². The van der Waals surface area contributed by atoms with Crippen LogP contribution in [0, 0.1) is 6.92 Å².